The number of anilines is 1. The molecule has 0 saturated heterocycles. The van der Waals surface area contributed by atoms with Gasteiger partial charge in [-0.15, -0.1) is 0 Å². The lowest BCUT2D eigenvalue weighted by molar-refractivity contribution is 0.0512. The smallest absolute Gasteiger partial charge is 0.376 e. The van der Waals surface area contributed by atoms with Gasteiger partial charge in [0.05, 0.1) is 42.7 Å². The minimum absolute atomic E-state index is 0.0199. The Hall–Kier alpha value is -3.06. The van der Waals surface area contributed by atoms with Crippen LogP contribution in [0.15, 0.2) is 30.3 Å². The summed E-state index contributed by atoms with van der Waals surface area (Å²) in [5.74, 6) is 0.474. The molecule has 1 heterocycles. The van der Waals surface area contributed by atoms with Gasteiger partial charge in [-0.1, -0.05) is 17.7 Å². The fourth-order valence-corrected chi connectivity index (χ4v) is 3.19. The molecule has 0 aliphatic heterocycles. The number of nitrogens with two attached hydrogens (primary N) is 1. The van der Waals surface area contributed by atoms with Crippen LogP contribution >= 0.6 is 11.6 Å². The van der Waals surface area contributed by atoms with E-state index >= 15 is 0 Å². The maximum Gasteiger partial charge on any atom is 0.376 e. The lowest BCUT2D eigenvalue weighted by Gasteiger charge is -2.13. The van der Waals surface area contributed by atoms with Gasteiger partial charge in [0.1, 0.15) is 11.5 Å². The largest absolute Gasteiger partial charge is 0.495 e. The first kappa shape index (κ1) is 19.7. The van der Waals surface area contributed by atoms with E-state index in [-0.39, 0.29) is 12.4 Å². The summed E-state index contributed by atoms with van der Waals surface area (Å²) < 4.78 is 15.6. The van der Waals surface area contributed by atoms with Crippen molar-refractivity contribution in [3.8, 4) is 11.5 Å². The SMILES string of the molecule is CCOC(=O)c1nc(Cc2ccc(OC)c(Cl)c2)c2c(N)c(OC)ccc2n1. The second-order valence-electron chi connectivity index (χ2n) is 5.94. The minimum Gasteiger partial charge on any atom is -0.495 e. The number of nitrogen functional groups attached to an aromatic ring is 1. The molecule has 3 aromatic rings. The molecule has 0 fully saturated rings. The first-order chi connectivity index (χ1) is 13.5. The van der Waals surface area contributed by atoms with Crippen molar-refractivity contribution >= 4 is 34.2 Å². The van der Waals surface area contributed by atoms with E-state index < -0.39 is 5.97 Å². The number of esters is 1. The molecule has 7 nitrogen and oxygen atoms in total. The number of rotatable bonds is 6. The normalized spacial score (nSPS) is 10.7. The van der Waals surface area contributed by atoms with Crippen molar-refractivity contribution in [2.75, 3.05) is 26.6 Å². The van der Waals surface area contributed by atoms with Crippen LogP contribution in [0.3, 0.4) is 0 Å². The predicted octanol–water partition coefficient (Wildman–Crippen LogP) is 3.65. The van der Waals surface area contributed by atoms with Crippen molar-refractivity contribution < 1.29 is 19.0 Å². The Kier molecular flexibility index (Phi) is 5.84. The Bertz CT molecular complexity index is 1040. The van der Waals surface area contributed by atoms with Crippen LogP contribution in [0.1, 0.15) is 28.8 Å². The number of carbonyl (C=O) groups excluding carboxylic acids is 1. The molecule has 8 heteroatoms. The summed E-state index contributed by atoms with van der Waals surface area (Å²) in [5.41, 5.74) is 8.67. The van der Waals surface area contributed by atoms with Gasteiger partial charge >= 0.3 is 5.97 Å². The maximum atomic E-state index is 12.2. The average Bonchev–Trinajstić information content (AvgIpc) is 2.68. The number of methoxy groups -OCH3 is 2. The summed E-state index contributed by atoms with van der Waals surface area (Å²) in [5, 5.41) is 1.11. The van der Waals surface area contributed by atoms with E-state index in [0.29, 0.717) is 45.2 Å². The third-order valence-corrected chi connectivity index (χ3v) is 4.50. The lowest BCUT2D eigenvalue weighted by Crippen LogP contribution is -2.13. The molecule has 0 radical (unpaired) electrons. The van der Waals surface area contributed by atoms with Crippen LogP contribution in [-0.4, -0.2) is 36.8 Å². The molecule has 0 atom stereocenters. The topological polar surface area (TPSA) is 96.6 Å². The van der Waals surface area contributed by atoms with E-state index in [2.05, 4.69) is 9.97 Å². The predicted molar refractivity (Wildman–Crippen MR) is 107 cm³/mol. The fourth-order valence-electron chi connectivity index (χ4n) is 2.91. The molecule has 2 N–H and O–H groups in total. The zero-order valence-electron chi connectivity index (χ0n) is 15.8. The van der Waals surface area contributed by atoms with Crippen LogP contribution in [0.5, 0.6) is 11.5 Å². The highest BCUT2D eigenvalue weighted by Crippen LogP contribution is 2.33. The molecule has 0 aliphatic carbocycles. The third kappa shape index (κ3) is 3.80. The summed E-state index contributed by atoms with van der Waals surface area (Å²) in [7, 11) is 3.09. The Morgan fingerprint density at radius 1 is 1.11 bits per heavy atom. The second kappa shape index (κ2) is 8.31. The van der Waals surface area contributed by atoms with Gasteiger partial charge in [0.25, 0.3) is 0 Å². The molecule has 1 aromatic heterocycles. The number of benzene rings is 2. The molecule has 0 bridgehead atoms. The molecule has 28 heavy (non-hydrogen) atoms. The summed E-state index contributed by atoms with van der Waals surface area (Å²) in [6.07, 6.45) is 0.381. The quantitative estimate of drug-likeness (QED) is 0.497. The van der Waals surface area contributed by atoms with E-state index in [0.717, 1.165) is 5.56 Å². The number of carbonyl (C=O) groups is 1. The van der Waals surface area contributed by atoms with Gasteiger partial charge in [0.15, 0.2) is 0 Å². The molecule has 146 valence electrons. The number of fused-ring (bicyclic) bond motifs is 1. The summed E-state index contributed by atoms with van der Waals surface area (Å²) in [6.45, 7) is 1.95. The van der Waals surface area contributed by atoms with Crippen molar-refractivity contribution in [2.24, 2.45) is 0 Å². The summed E-state index contributed by atoms with van der Waals surface area (Å²) in [4.78, 5) is 20.9. The highest BCUT2D eigenvalue weighted by molar-refractivity contribution is 6.32. The molecular weight excluding hydrogens is 382 g/mol. The summed E-state index contributed by atoms with van der Waals surface area (Å²) >= 11 is 6.24. The van der Waals surface area contributed by atoms with Crippen LogP contribution in [0, 0.1) is 0 Å². The van der Waals surface area contributed by atoms with Gasteiger partial charge < -0.3 is 19.9 Å². The van der Waals surface area contributed by atoms with Crippen LogP contribution in [0.25, 0.3) is 10.9 Å². The molecule has 0 unspecified atom stereocenters. The number of hydrogen-bond donors (Lipinski definition) is 1. The fraction of sp³-hybridized carbons (Fsp3) is 0.250. The average molecular weight is 402 g/mol. The van der Waals surface area contributed by atoms with Gasteiger partial charge in [-0.3, -0.25) is 0 Å². The lowest BCUT2D eigenvalue weighted by atomic mass is 10.0. The second-order valence-corrected chi connectivity index (χ2v) is 6.34. The standard InChI is InChI=1S/C20H20ClN3O4/c1-4-28-20(25)19-23-13-6-8-16(27-3)18(22)17(13)14(24-19)10-11-5-7-15(26-2)12(21)9-11/h5-9H,4,10,22H2,1-3H3. The maximum absolute atomic E-state index is 12.2. The number of nitrogens with zero attached hydrogens (tertiary/aromatic N) is 2. The molecule has 0 aliphatic rings. The first-order valence-electron chi connectivity index (χ1n) is 8.61. The Labute approximate surface area is 167 Å². The van der Waals surface area contributed by atoms with Crippen molar-refractivity contribution in [3.05, 3.63) is 52.4 Å². The van der Waals surface area contributed by atoms with Crippen LogP contribution < -0.4 is 15.2 Å². The van der Waals surface area contributed by atoms with Gasteiger partial charge in [0, 0.05) is 11.8 Å². The van der Waals surface area contributed by atoms with E-state index in [9.17, 15) is 4.79 Å². The molecule has 0 saturated carbocycles. The van der Waals surface area contributed by atoms with Crippen molar-refractivity contribution in [2.45, 2.75) is 13.3 Å². The number of halogens is 1. The van der Waals surface area contributed by atoms with Gasteiger partial charge in [-0.2, -0.15) is 0 Å². The third-order valence-electron chi connectivity index (χ3n) is 4.21. The molecule has 2 aromatic carbocycles. The molecular formula is C20H20ClN3O4. The highest BCUT2D eigenvalue weighted by atomic mass is 35.5. The summed E-state index contributed by atoms with van der Waals surface area (Å²) in [6, 6.07) is 8.87. The molecule has 3 rings (SSSR count). The van der Waals surface area contributed by atoms with Crippen molar-refractivity contribution in [1.82, 2.24) is 9.97 Å². The van der Waals surface area contributed by atoms with Crippen molar-refractivity contribution in [3.63, 3.8) is 0 Å². The Balaban J connectivity index is 2.16. The first-order valence-corrected chi connectivity index (χ1v) is 8.98. The van der Waals surface area contributed by atoms with Crippen LogP contribution in [0.4, 0.5) is 5.69 Å². The number of ether oxygens (including phenoxy) is 3. The van der Waals surface area contributed by atoms with Crippen LogP contribution in [0.2, 0.25) is 5.02 Å². The zero-order valence-corrected chi connectivity index (χ0v) is 16.5. The Morgan fingerprint density at radius 3 is 2.46 bits per heavy atom. The molecule has 0 amide bonds. The zero-order chi connectivity index (χ0) is 20.3. The minimum atomic E-state index is -0.590. The molecule has 0 spiro atoms. The number of aromatic nitrogens is 2. The Morgan fingerprint density at radius 2 is 1.82 bits per heavy atom. The van der Waals surface area contributed by atoms with Gasteiger partial charge in [-0.05, 0) is 36.8 Å². The van der Waals surface area contributed by atoms with Crippen molar-refractivity contribution in [1.29, 1.82) is 0 Å². The monoisotopic (exact) mass is 401 g/mol. The number of hydrogen-bond acceptors (Lipinski definition) is 7. The van der Waals surface area contributed by atoms with E-state index in [1.165, 1.54) is 7.11 Å². The van der Waals surface area contributed by atoms with Gasteiger partial charge in [0.2, 0.25) is 5.82 Å². The van der Waals surface area contributed by atoms with E-state index in [1.54, 1.807) is 38.3 Å². The van der Waals surface area contributed by atoms with Crippen LogP contribution in [-0.2, 0) is 11.2 Å². The van der Waals surface area contributed by atoms with E-state index in [4.69, 9.17) is 31.5 Å². The van der Waals surface area contributed by atoms with Gasteiger partial charge in [-0.25, -0.2) is 14.8 Å². The highest BCUT2D eigenvalue weighted by Gasteiger charge is 2.19. The van der Waals surface area contributed by atoms with E-state index in [1.807, 2.05) is 6.07 Å².